The molecule has 0 amide bonds. The highest BCUT2D eigenvalue weighted by Gasteiger charge is 2.31. The van der Waals surface area contributed by atoms with Gasteiger partial charge in [0.25, 0.3) is 0 Å². The number of hydrogen-bond acceptors (Lipinski definition) is 3. The van der Waals surface area contributed by atoms with Crippen LogP contribution in [-0.2, 0) is 9.47 Å². The van der Waals surface area contributed by atoms with E-state index in [9.17, 15) is 0 Å². The van der Waals surface area contributed by atoms with Gasteiger partial charge in [-0.2, -0.15) is 0 Å². The van der Waals surface area contributed by atoms with E-state index >= 15 is 0 Å². The fourth-order valence-corrected chi connectivity index (χ4v) is 4.58. The van der Waals surface area contributed by atoms with Crippen molar-refractivity contribution in [1.82, 2.24) is 0 Å². The molecule has 1 saturated heterocycles. The van der Waals surface area contributed by atoms with Crippen molar-refractivity contribution in [3.8, 4) is 0 Å². The zero-order valence-corrected chi connectivity index (χ0v) is 20.7. The third-order valence-corrected chi connectivity index (χ3v) is 6.48. The van der Waals surface area contributed by atoms with Gasteiger partial charge in [-0.3, -0.25) is 0 Å². The average molecular weight is 429 g/mol. The summed E-state index contributed by atoms with van der Waals surface area (Å²) in [6.45, 7) is 5.24. The van der Waals surface area contributed by atoms with E-state index in [4.69, 9.17) is 14.6 Å². The highest BCUT2D eigenvalue weighted by atomic mass is 16.7. The van der Waals surface area contributed by atoms with Crippen molar-refractivity contribution in [3.05, 3.63) is 0 Å². The second-order valence-electron chi connectivity index (χ2n) is 10.2. The van der Waals surface area contributed by atoms with Gasteiger partial charge < -0.3 is 19.1 Å². The number of ether oxygens (including phenoxy) is 2. The van der Waals surface area contributed by atoms with Gasteiger partial charge in [-0.1, -0.05) is 96.8 Å². The van der Waals surface area contributed by atoms with E-state index in [1.807, 2.05) is 0 Å². The predicted octanol–water partition coefficient (Wildman–Crippen LogP) is 6.45. The van der Waals surface area contributed by atoms with Gasteiger partial charge in [0.2, 0.25) is 0 Å². The van der Waals surface area contributed by atoms with Crippen LogP contribution in [0.5, 0.6) is 0 Å². The first kappa shape index (κ1) is 27.9. The minimum atomic E-state index is 0.00909. The van der Waals surface area contributed by atoms with Crippen molar-refractivity contribution < 1.29 is 19.1 Å². The molecule has 0 saturated carbocycles. The maximum atomic E-state index is 9.03. The van der Waals surface area contributed by atoms with Crippen molar-refractivity contribution in [2.45, 2.75) is 128 Å². The number of hydrogen-bond donors (Lipinski definition) is 1. The molecule has 1 rings (SSSR count). The lowest BCUT2D eigenvalue weighted by Gasteiger charge is -2.31. The molecule has 30 heavy (non-hydrogen) atoms. The SMILES string of the molecule is CCCCCCCCCCCCCCCCC[C@@H]1OC[C@@H](C[N+](C)(C)CCCO)O1. The van der Waals surface area contributed by atoms with Crippen LogP contribution in [0.4, 0.5) is 0 Å². The predicted molar refractivity (Wildman–Crippen MR) is 128 cm³/mol. The molecule has 4 heteroatoms. The molecule has 1 heterocycles. The number of likely N-dealkylation sites (N-methyl/N-ethyl adjacent to an activating group) is 1. The van der Waals surface area contributed by atoms with Crippen LogP contribution in [0.1, 0.15) is 116 Å². The largest absolute Gasteiger partial charge is 0.396 e. The first-order valence-electron chi connectivity index (χ1n) is 13.3. The summed E-state index contributed by atoms with van der Waals surface area (Å²) < 4.78 is 12.8. The highest BCUT2D eigenvalue weighted by molar-refractivity contribution is 4.65. The Kier molecular flexibility index (Phi) is 17.1. The second kappa shape index (κ2) is 18.4. The fourth-order valence-electron chi connectivity index (χ4n) is 4.58. The maximum absolute atomic E-state index is 9.03. The van der Waals surface area contributed by atoms with Gasteiger partial charge in [0.05, 0.1) is 27.2 Å². The van der Waals surface area contributed by atoms with Gasteiger partial charge in [-0.25, -0.2) is 0 Å². The normalized spacial score (nSPS) is 19.6. The third-order valence-electron chi connectivity index (χ3n) is 6.48. The molecule has 4 nitrogen and oxygen atoms in total. The molecule has 0 aliphatic carbocycles. The van der Waals surface area contributed by atoms with Crippen molar-refractivity contribution in [3.63, 3.8) is 0 Å². The molecule has 0 unspecified atom stereocenters. The number of aliphatic hydroxyl groups is 1. The smallest absolute Gasteiger partial charge is 0.158 e. The van der Waals surface area contributed by atoms with Crippen LogP contribution in [0.15, 0.2) is 0 Å². The molecule has 0 aromatic rings. The van der Waals surface area contributed by atoms with Crippen molar-refractivity contribution in [2.24, 2.45) is 0 Å². The lowest BCUT2D eigenvalue weighted by Crippen LogP contribution is -2.47. The summed E-state index contributed by atoms with van der Waals surface area (Å²) >= 11 is 0. The van der Waals surface area contributed by atoms with Crippen LogP contribution in [0.2, 0.25) is 0 Å². The molecule has 180 valence electrons. The van der Waals surface area contributed by atoms with E-state index in [0.29, 0.717) is 0 Å². The molecule has 0 aromatic heterocycles. The average Bonchev–Trinajstić information content (AvgIpc) is 3.15. The number of quaternary nitrogens is 1. The van der Waals surface area contributed by atoms with Crippen molar-refractivity contribution in [2.75, 3.05) is 40.4 Å². The van der Waals surface area contributed by atoms with E-state index in [0.717, 1.165) is 37.0 Å². The Bertz CT molecular complexity index is 375. The third kappa shape index (κ3) is 15.6. The molecule has 1 fully saturated rings. The Hall–Kier alpha value is -0.160. The quantitative estimate of drug-likeness (QED) is 0.169. The van der Waals surface area contributed by atoms with Crippen LogP contribution < -0.4 is 0 Å². The van der Waals surface area contributed by atoms with Gasteiger partial charge in [0.15, 0.2) is 6.29 Å². The summed E-state index contributed by atoms with van der Waals surface area (Å²) in [5.41, 5.74) is 0. The summed E-state index contributed by atoms with van der Waals surface area (Å²) in [7, 11) is 4.42. The molecule has 1 aliphatic rings. The van der Waals surface area contributed by atoms with E-state index in [1.54, 1.807) is 0 Å². The van der Waals surface area contributed by atoms with E-state index < -0.39 is 0 Å². The minimum absolute atomic E-state index is 0.00909. The minimum Gasteiger partial charge on any atom is -0.396 e. The van der Waals surface area contributed by atoms with Crippen molar-refractivity contribution in [1.29, 1.82) is 0 Å². The summed E-state index contributed by atoms with van der Waals surface area (Å²) in [5.74, 6) is 0. The Labute approximate surface area is 188 Å². The van der Waals surface area contributed by atoms with E-state index in [1.165, 1.54) is 96.3 Å². The second-order valence-corrected chi connectivity index (χ2v) is 10.2. The van der Waals surface area contributed by atoms with Gasteiger partial charge in [0, 0.05) is 13.0 Å². The molecule has 0 spiro atoms. The Balaban J connectivity index is 1.84. The summed E-state index contributed by atoms with van der Waals surface area (Å²) in [5, 5.41) is 9.03. The lowest BCUT2D eigenvalue weighted by atomic mass is 10.0. The number of unbranched alkanes of at least 4 members (excludes halogenated alkanes) is 14. The molecule has 2 atom stereocenters. The maximum Gasteiger partial charge on any atom is 0.158 e. The molecule has 0 aromatic carbocycles. The number of aliphatic hydroxyl groups excluding tert-OH is 1. The zero-order chi connectivity index (χ0) is 21.9. The molecular weight excluding hydrogens is 374 g/mol. The summed E-state index contributed by atoms with van der Waals surface area (Å²) in [4.78, 5) is 0. The van der Waals surface area contributed by atoms with Crippen LogP contribution in [-0.4, -0.2) is 62.4 Å². The van der Waals surface area contributed by atoms with Crippen molar-refractivity contribution >= 4 is 0 Å². The van der Waals surface area contributed by atoms with Crippen LogP contribution in [0, 0.1) is 0 Å². The first-order chi connectivity index (χ1) is 14.6. The van der Waals surface area contributed by atoms with Gasteiger partial charge in [-0.15, -0.1) is 0 Å². The highest BCUT2D eigenvalue weighted by Crippen LogP contribution is 2.20. The van der Waals surface area contributed by atoms with Gasteiger partial charge >= 0.3 is 0 Å². The Morgan fingerprint density at radius 2 is 1.23 bits per heavy atom. The number of rotatable bonds is 21. The van der Waals surface area contributed by atoms with Crippen LogP contribution in [0.3, 0.4) is 0 Å². The number of nitrogens with zero attached hydrogens (tertiary/aromatic N) is 1. The zero-order valence-electron chi connectivity index (χ0n) is 20.7. The molecule has 1 aliphatic heterocycles. The van der Waals surface area contributed by atoms with Crippen LogP contribution >= 0.6 is 0 Å². The Morgan fingerprint density at radius 1 is 0.733 bits per heavy atom. The standard InChI is InChI=1S/C26H54NO3/c1-4-5-6-7-8-9-10-11-12-13-14-15-16-17-18-20-26-29-24-25(30-26)23-27(2,3)21-19-22-28/h25-26,28H,4-24H2,1-3H3/q+1/t25-,26-/m1/s1. The summed E-state index contributed by atoms with van der Waals surface area (Å²) in [6, 6.07) is 0. The fraction of sp³-hybridized carbons (Fsp3) is 1.00. The first-order valence-corrected chi connectivity index (χ1v) is 13.3. The van der Waals surface area contributed by atoms with Gasteiger partial charge in [0.1, 0.15) is 12.6 Å². The molecule has 0 bridgehead atoms. The van der Waals surface area contributed by atoms with E-state index in [-0.39, 0.29) is 19.0 Å². The van der Waals surface area contributed by atoms with Gasteiger partial charge in [-0.05, 0) is 12.8 Å². The van der Waals surface area contributed by atoms with E-state index in [2.05, 4.69) is 21.0 Å². The molecular formula is C26H54NO3+. The van der Waals surface area contributed by atoms with Crippen LogP contribution in [0.25, 0.3) is 0 Å². The molecule has 0 radical (unpaired) electrons. The lowest BCUT2D eigenvalue weighted by molar-refractivity contribution is -0.893. The Morgan fingerprint density at radius 3 is 1.73 bits per heavy atom. The summed E-state index contributed by atoms with van der Waals surface area (Å²) in [6.07, 6.45) is 23.1. The topological polar surface area (TPSA) is 38.7 Å². The monoisotopic (exact) mass is 428 g/mol. The molecule has 1 N–H and O–H groups in total.